The minimum Gasteiger partial charge on any atom is -0.310 e. The van der Waals surface area contributed by atoms with E-state index in [0.717, 1.165) is 22.6 Å². The molecule has 0 bridgehead atoms. The highest BCUT2D eigenvalue weighted by molar-refractivity contribution is 6.83. The van der Waals surface area contributed by atoms with Crippen LogP contribution >= 0.6 is 0 Å². The lowest BCUT2D eigenvalue weighted by Crippen LogP contribution is -2.29. The molecule has 0 heterocycles. The summed E-state index contributed by atoms with van der Waals surface area (Å²) in [6.07, 6.45) is 6.91. The third-order valence-electron chi connectivity index (χ3n) is 11.1. The summed E-state index contributed by atoms with van der Waals surface area (Å²) in [6.45, 7) is 14.3. The molecule has 1 aliphatic carbocycles. The van der Waals surface area contributed by atoms with Gasteiger partial charge in [0.1, 0.15) is 0 Å². The van der Waals surface area contributed by atoms with E-state index >= 15 is 0 Å². The van der Waals surface area contributed by atoms with Gasteiger partial charge in [0.15, 0.2) is 0 Å². The van der Waals surface area contributed by atoms with Gasteiger partial charge in [-0.1, -0.05) is 201 Å². The van der Waals surface area contributed by atoms with Crippen LogP contribution < -0.4 is 4.90 Å². The fourth-order valence-corrected chi connectivity index (χ4v) is 9.86. The van der Waals surface area contributed by atoms with Crippen LogP contribution in [0.2, 0.25) is 19.6 Å². The summed E-state index contributed by atoms with van der Waals surface area (Å²) in [4.78, 5) is 2.43. The Kier molecular flexibility index (Phi) is 9.69. The topological polar surface area (TPSA) is 3.24 Å². The monoisotopic (exact) mass is 725 g/mol. The van der Waals surface area contributed by atoms with Gasteiger partial charge in [-0.2, -0.15) is 0 Å². The van der Waals surface area contributed by atoms with Crippen LogP contribution in [0.25, 0.3) is 33.4 Å². The number of fused-ring (bicyclic) bond motifs is 3. The zero-order valence-electron chi connectivity index (χ0n) is 32.2. The van der Waals surface area contributed by atoms with Crippen LogP contribution in [0.5, 0.6) is 0 Å². The highest BCUT2D eigenvalue weighted by atomic mass is 28.3. The second kappa shape index (κ2) is 14.9. The normalized spacial score (nSPS) is 15.1. The first-order chi connectivity index (χ1) is 26.8. The van der Waals surface area contributed by atoms with Crippen molar-refractivity contribution in [2.24, 2.45) is 0 Å². The number of rotatable bonds is 10. The van der Waals surface area contributed by atoms with Gasteiger partial charge in [-0.25, -0.2) is 0 Å². The van der Waals surface area contributed by atoms with Crippen molar-refractivity contribution in [1.82, 2.24) is 0 Å². The predicted molar refractivity (Wildman–Crippen MR) is 239 cm³/mol. The Bertz CT molecular complexity index is 2420. The summed E-state index contributed by atoms with van der Waals surface area (Å²) in [5, 5.41) is 1.42. The van der Waals surface area contributed by atoms with Gasteiger partial charge in [0.05, 0.1) is 19.2 Å². The predicted octanol–water partition coefficient (Wildman–Crippen LogP) is 14.7. The molecule has 2 heteroatoms. The Morgan fingerprint density at radius 3 is 1.51 bits per heavy atom. The Balaban J connectivity index is 1.36. The van der Waals surface area contributed by atoms with Crippen LogP contribution in [0.1, 0.15) is 23.6 Å². The Labute approximate surface area is 328 Å². The lowest BCUT2D eigenvalue weighted by molar-refractivity contribution is 0.770. The molecule has 1 nitrogen and oxygen atoms in total. The molecule has 55 heavy (non-hydrogen) atoms. The first-order valence-corrected chi connectivity index (χ1v) is 22.7. The van der Waals surface area contributed by atoms with Gasteiger partial charge >= 0.3 is 0 Å². The van der Waals surface area contributed by atoms with Crippen molar-refractivity contribution in [2.75, 3.05) is 4.90 Å². The standard InChI is InChI=1S/C53H47NSi/c1-6-47(55(3,4)5)38-29-39(2)53(44-23-14-9-15-24-44)49-26-17-16-25-48(49)52-50(53)27-18-28-51(52)54(45-34-30-42(31-35-45)40-19-10-7-11-20-40)46-36-32-43(33-37-46)41-21-12-8-13-22-41/h6-38H,2H2,1,3-5H3/b38-29-,47-6+. The summed E-state index contributed by atoms with van der Waals surface area (Å²) in [5.74, 6) is 0. The average molecular weight is 726 g/mol. The van der Waals surface area contributed by atoms with Crippen molar-refractivity contribution in [3.05, 3.63) is 234 Å². The third kappa shape index (κ3) is 6.53. The molecule has 8 rings (SSSR count). The minimum absolute atomic E-state index is 0.585. The van der Waals surface area contributed by atoms with E-state index in [9.17, 15) is 0 Å². The molecule has 0 saturated heterocycles. The molecule has 0 N–H and O–H groups in total. The molecule has 1 aliphatic rings. The van der Waals surface area contributed by atoms with Crippen molar-refractivity contribution < 1.29 is 0 Å². The average Bonchev–Trinajstić information content (AvgIpc) is 3.54. The summed E-state index contributed by atoms with van der Waals surface area (Å²) >= 11 is 0. The minimum atomic E-state index is -1.56. The molecule has 0 aromatic heterocycles. The number of hydrogen-bond acceptors (Lipinski definition) is 1. The number of benzene rings is 7. The van der Waals surface area contributed by atoms with Crippen molar-refractivity contribution in [2.45, 2.75) is 32.0 Å². The first-order valence-electron chi connectivity index (χ1n) is 19.2. The van der Waals surface area contributed by atoms with E-state index in [1.807, 2.05) is 0 Å². The van der Waals surface area contributed by atoms with E-state index in [1.54, 1.807) is 0 Å². The van der Waals surface area contributed by atoms with E-state index in [4.69, 9.17) is 6.58 Å². The molecule has 0 fully saturated rings. The van der Waals surface area contributed by atoms with Crippen molar-refractivity contribution in [3.63, 3.8) is 0 Å². The van der Waals surface area contributed by atoms with Crippen LogP contribution in [0.15, 0.2) is 218 Å². The zero-order valence-corrected chi connectivity index (χ0v) is 33.2. The maximum atomic E-state index is 4.93. The molecule has 1 unspecified atom stereocenters. The van der Waals surface area contributed by atoms with Gasteiger partial charge in [-0.05, 0) is 87.3 Å². The molecular formula is C53H47NSi. The van der Waals surface area contributed by atoms with E-state index < -0.39 is 13.5 Å². The molecule has 7 aromatic rings. The van der Waals surface area contributed by atoms with Crippen LogP contribution in [0.3, 0.4) is 0 Å². The molecule has 268 valence electrons. The van der Waals surface area contributed by atoms with Crippen LogP contribution in [-0.2, 0) is 5.41 Å². The van der Waals surface area contributed by atoms with E-state index in [2.05, 4.69) is 232 Å². The number of nitrogens with zero attached hydrogens (tertiary/aromatic N) is 1. The summed E-state index contributed by atoms with van der Waals surface area (Å²) < 4.78 is 0. The SMILES string of the molecule is C=C(/C=C\C(=C/C)[Si](C)(C)C)C1(c2ccccc2)c2ccccc2-c2c(N(c3ccc(-c4ccccc4)cc3)c3ccc(-c4ccccc4)cc3)cccc21. The molecule has 0 saturated carbocycles. The molecular weight excluding hydrogens is 679 g/mol. The lowest BCUT2D eigenvalue weighted by atomic mass is 9.67. The summed E-state index contributed by atoms with van der Waals surface area (Å²) in [7, 11) is -1.56. The smallest absolute Gasteiger partial charge is 0.0771 e. The Morgan fingerprint density at radius 1 is 0.509 bits per heavy atom. The zero-order chi connectivity index (χ0) is 38.0. The van der Waals surface area contributed by atoms with E-state index in [1.165, 1.54) is 55.3 Å². The fourth-order valence-electron chi connectivity index (χ4n) is 8.41. The van der Waals surface area contributed by atoms with Gasteiger partial charge in [0.2, 0.25) is 0 Å². The van der Waals surface area contributed by atoms with Gasteiger partial charge < -0.3 is 4.90 Å². The lowest BCUT2D eigenvalue weighted by Gasteiger charge is -2.35. The van der Waals surface area contributed by atoms with Crippen molar-refractivity contribution >= 4 is 25.1 Å². The Morgan fingerprint density at radius 2 is 0.982 bits per heavy atom. The van der Waals surface area contributed by atoms with Gasteiger partial charge in [-0.15, -0.1) is 0 Å². The molecule has 0 spiro atoms. The first kappa shape index (κ1) is 35.8. The highest BCUT2D eigenvalue weighted by Crippen LogP contribution is 2.59. The number of anilines is 3. The number of hydrogen-bond donors (Lipinski definition) is 0. The third-order valence-corrected chi connectivity index (χ3v) is 13.3. The van der Waals surface area contributed by atoms with Crippen LogP contribution in [0, 0.1) is 0 Å². The van der Waals surface area contributed by atoms with Crippen LogP contribution in [0.4, 0.5) is 17.1 Å². The van der Waals surface area contributed by atoms with Crippen molar-refractivity contribution in [3.8, 4) is 33.4 Å². The van der Waals surface area contributed by atoms with Gasteiger partial charge in [-0.3, -0.25) is 0 Å². The molecule has 0 aliphatic heterocycles. The van der Waals surface area contributed by atoms with E-state index in [0.29, 0.717) is 0 Å². The second-order valence-corrected chi connectivity index (χ2v) is 20.5. The number of allylic oxidation sites excluding steroid dienone is 5. The molecule has 1 atom stereocenters. The molecule has 7 aromatic carbocycles. The van der Waals surface area contributed by atoms with Gasteiger partial charge in [0, 0.05) is 16.9 Å². The summed E-state index contributed by atoms with van der Waals surface area (Å²) in [5.41, 5.74) is 14.8. The maximum absolute atomic E-state index is 4.93. The molecule has 0 radical (unpaired) electrons. The quantitative estimate of drug-likeness (QED) is 0.100. The Hall–Kier alpha value is -6.22. The molecule has 0 amide bonds. The largest absolute Gasteiger partial charge is 0.310 e. The van der Waals surface area contributed by atoms with Crippen LogP contribution in [-0.4, -0.2) is 8.07 Å². The summed E-state index contributed by atoms with van der Waals surface area (Å²) in [6, 6.07) is 66.0. The highest BCUT2D eigenvalue weighted by Gasteiger charge is 2.47. The maximum Gasteiger partial charge on any atom is 0.0771 e. The van der Waals surface area contributed by atoms with Gasteiger partial charge in [0.25, 0.3) is 0 Å². The second-order valence-electron chi connectivity index (χ2n) is 15.4. The van der Waals surface area contributed by atoms with Crippen molar-refractivity contribution in [1.29, 1.82) is 0 Å². The van der Waals surface area contributed by atoms with E-state index in [-0.39, 0.29) is 0 Å². The fraction of sp³-hybridized carbons (Fsp3) is 0.0943.